The lowest BCUT2D eigenvalue weighted by Gasteiger charge is -2.26. The van der Waals surface area contributed by atoms with Gasteiger partial charge in [0.1, 0.15) is 11.8 Å². The number of benzene rings is 2. The van der Waals surface area contributed by atoms with Gasteiger partial charge in [-0.3, -0.25) is 9.36 Å². The fourth-order valence-corrected chi connectivity index (χ4v) is 6.36. The minimum atomic E-state index is -0.792. The van der Waals surface area contributed by atoms with Crippen molar-refractivity contribution in [3.8, 4) is 5.75 Å². The second-order valence-electron chi connectivity index (χ2n) is 9.42. The molecule has 3 heterocycles. The van der Waals surface area contributed by atoms with E-state index in [1.54, 1.807) is 43.7 Å². The highest BCUT2D eigenvalue weighted by Gasteiger charge is 2.35. The van der Waals surface area contributed by atoms with Crippen molar-refractivity contribution < 1.29 is 14.3 Å². The van der Waals surface area contributed by atoms with Gasteiger partial charge in [0.2, 0.25) is 0 Å². The lowest BCUT2D eigenvalue weighted by molar-refractivity contribution is -0.139. The topological polar surface area (TPSA) is 73.1 Å². The minimum absolute atomic E-state index is 0.201. The van der Waals surface area contributed by atoms with E-state index >= 15 is 0 Å². The van der Waals surface area contributed by atoms with Crippen molar-refractivity contribution in [3.05, 3.63) is 89.1 Å². The van der Waals surface area contributed by atoms with E-state index in [-0.39, 0.29) is 17.7 Å². The maximum Gasteiger partial charge on any atom is 0.338 e. The van der Waals surface area contributed by atoms with Crippen LogP contribution in [0.1, 0.15) is 49.4 Å². The highest BCUT2D eigenvalue weighted by atomic mass is 35.5. The molecule has 2 aromatic carbocycles. The molecule has 2 aliphatic rings. The number of hydrogen-bond donors (Lipinski definition) is 0. The van der Waals surface area contributed by atoms with Crippen LogP contribution >= 0.6 is 22.9 Å². The van der Waals surface area contributed by atoms with Crippen LogP contribution in [-0.2, 0) is 9.53 Å². The van der Waals surface area contributed by atoms with Crippen LogP contribution in [0.2, 0.25) is 5.02 Å². The Morgan fingerprint density at radius 3 is 2.63 bits per heavy atom. The quantitative estimate of drug-likeness (QED) is 0.425. The number of fused-ring (bicyclic) bond motifs is 1. The van der Waals surface area contributed by atoms with Crippen molar-refractivity contribution in [2.24, 2.45) is 4.99 Å². The third kappa shape index (κ3) is 4.78. The number of halogens is 1. The Kier molecular flexibility index (Phi) is 7.45. The van der Waals surface area contributed by atoms with Crippen LogP contribution < -0.4 is 24.5 Å². The van der Waals surface area contributed by atoms with Crippen molar-refractivity contribution in [3.63, 3.8) is 0 Å². The van der Waals surface area contributed by atoms with Gasteiger partial charge in [-0.05, 0) is 81.1 Å². The van der Waals surface area contributed by atoms with Crippen molar-refractivity contribution >= 4 is 40.7 Å². The maximum atomic E-state index is 13.9. The molecule has 0 saturated carbocycles. The van der Waals surface area contributed by atoms with E-state index < -0.39 is 12.0 Å². The summed E-state index contributed by atoms with van der Waals surface area (Å²) in [6.45, 7) is 7.92. The highest BCUT2D eigenvalue weighted by molar-refractivity contribution is 7.07. The summed E-state index contributed by atoms with van der Waals surface area (Å²) in [4.78, 5) is 34.6. The number of carbonyl (C=O) groups is 1. The molecule has 1 aromatic heterocycles. The van der Waals surface area contributed by atoms with Crippen LogP contribution in [-0.4, -0.2) is 37.3 Å². The van der Waals surface area contributed by atoms with E-state index in [1.807, 2.05) is 6.08 Å². The van der Waals surface area contributed by atoms with Gasteiger partial charge in [-0.1, -0.05) is 29.0 Å². The standard InChI is InChI=1S/C29H30ClN3O4S/c1-5-37-28(35)25-18(3)31-29-33(26(25)22-16-20(30)9-11-23(22)36-4)27(34)24(38-29)15-19-8-10-21(14-17(19)2)32-12-6-7-13-32/h8-11,14-16,26H,5-7,12-13H2,1-4H3/b24-15-/t26-/m0/s1. The molecule has 2 aliphatic heterocycles. The lowest BCUT2D eigenvalue weighted by atomic mass is 9.95. The molecule has 7 nitrogen and oxygen atoms in total. The van der Waals surface area contributed by atoms with E-state index in [4.69, 9.17) is 21.1 Å². The Labute approximate surface area is 230 Å². The molecule has 1 saturated heterocycles. The molecule has 0 bridgehead atoms. The first kappa shape index (κ1) is 26.3. The van der Waals surface area contributed by atoms with Gasteiger partial charge in [-0.15, -0.1) is 0 Å². The van der Waals surface area contributed by atoms with Crippen LogP contribution in [0.4, 0.5) is 5.69 Å². The van der Waals surface area contributed by atoms with Gasteiger partial charge in [0, 0.05) is 29.4 Å². The van der Waals surface area contributed by atoms with Crippen LogP contribution in [0.25, 0.3) is 6.08 Å². The van der Waals surface area contributed by atoms with Gasteiger partial charge in [-0.2, -0.15) is 0 Å². The Morgan fingerprint density at radius 2 is 1.95 bits per heavy atom. The van der Waals surface area contributed by atoms with E-state index in [9.17, 15) is 9.59 Å². The number of anilines is 1. The Hall–Kier alpha value is -3.36. The number of carbonyl (C=O) groups excluding carboxylic acids is 1. The number of esters is 1. The molecule has 0 radical (unpaired) electrons. The average molecular weight is 552 g/mol. The van der Waals surface area contributed by atoms with E-state index in [0.29, 0.717) is 31.4 Å². The Balaban J connectivity index is 1.68. The van der Waals surface area contributed by atoms with Gasteiger partial charge in [-0.25, -0.2) is 9.79 Å². The molecule has 38 heavy (non-hydrogen) atoms. The first-order chi connectivity index (χ1) is 18.3. The summed E-state index contributed by atoms with van der Waals surface area (Å²) in [5.74, 6) is -0.0118. The fourth-order valence-electron chi connectivity index (χ4n) is 5.14. The average Bonchev–Trinajstić information content (AvgIpc) is 3.53. The van der Waals surface area contributed by atoms with Crippen LogP contribution in [0.15, 0.2) is 57.5 Å². The van der Waals surface area contributed by atoms with E-state index in [2.05, 4.69) is 35.0 Å². The molecular formula is C29H30ClN3O4S. The number of aromatic nitrogens is 1. The van der Waals surface area contributed by atoms with Crippen molar-refractivity contribution in [1.29, 1.82) is 0 Å². The molecule has 5 rings (SSSR count). The number of methoxy groups -OCH3 is 1. The molecule has 0 aliphatic carbocycles. The third-order valence-electron chi connectivity index (χ3n) is 7.01. The zero-order valence-corrected chi connectivity index (χ0v) is 23.5. The summed E-state index contributed by atoms with van der Waals surface area (Å²) in [6.07, 6.45) is 4.34. The highest BCUT2D eigenvalue weighted by Crippen LogP contribution is 2.37. The maximum absolute atomic E-state index is 13.9. The van der Waals surface area contributed by atoms with Crippen molar-refractivity contribution in [2.75, 3.05) is 31.7 Å². The number of rotatable bonds is 6. The number of ether oxygens (including phenoxy) is 2. The fraction of sp³-hybridized carbons (Fsp3) is 0.345. The SMILES string of the molecule is CCOC(=O)C1=C(C)N=c2s/c(=C\c3ccc(N4CCCC4)cc3C)c(=O)n2[C@H]1c1cc(Cl)ccc1OC. The molecule has 0 N–H and O–H groups in total. The van der Waals surface area contributed by atoms with Gasteiger partial charge < -0.3 is 14.4 Å². The molecule has 0 unspecified atom stereocenters. The van der Waals surface area contributed by atoms with E-state index in [1.165, 1.54) is 29.9 Å². The molecule has 1 atom stereocenters. The summed E-state index contributed by atoms with van der Waals surface area (Å²) in [6, 6.07) is 10.7. The minimum Gasteiger partial charge on any atom is -0.496 e. The Bertz CT molecular complexity index is 1620. The lowest BCUT2D eigenvalue weighted by Crippen LogP contribution is -2.40. The molecular weight excluding hydrogens is 522 g/mol. The van der Waals surface area contributed by atoms with Crippen LogP contribution in [0, 0.1) is 6.92 Å². The van der Waals surface area contributed by atoms with Crippen LogP contribution in [0.5, 0.6) is 5.75 Å². The normalized spacial score (nSPS) is 17.4. The second-order valence-corrected chi connectivity index (χ2v) is 10.9. The van der Waals surface area contributed by atoms with Crippen molar-refractivity contribution in [2.45, 2.75) is 39.7 Å². The summed E-state index contributed by atoms with van der Waals surface area (Å²) < 4.78 is 13.1. The summed E-state index contributed by atoms with van der Waals surface area (Å²) >= 11 is 7.67. The summed E-state index contributed by atoms with van der Waals surface area (Å²) in [5, 5.41) is 0.467. The van der Waals surface area contributed by atoms with E-state index in [0.717, 1.165) is 24.2 Å². The molecule has 1 fully saturated rings. The first-order valence-corrected chi connectivity index (χ1v) is 13.9. The number of aryl methyl sites for hydroxylation is 1. The molecule has 0 amide bonds. The summed E-state index contributed by atoms with van der Waals surface area (Å²) in [5.41, 5.74) is 4.41. The molecule has 198 valence electrons. The molecule has 9 heteroatoms. The van der Waals surface area contributed by atoms with Gasteiger partial charge in [0.25, 0.3) is 5.56 Å². The van der Waals surface area contributed by atoms with Gasteiger partial charge >= 0.3 is 5.97 Å². The largest absolute Gasteiger partial charge is 0.496 e. The number of nitrogens with zero attached hydrogens (tertiary/aromatic N) is 3. The molecule has 0 spiro atoms. The first-order valence-electron chi connectivity index (χ1n) is 12.7. The summed E-state index contributed by atoms with van der Waals surface area (Å²) in [7, 11) is 1.55. The van der Waals surface area contributed by atoms with Crippen molar-refractivity contribution in [1.82, 2.24) is 4.57 Å². The number of thiazole rings is 1. The van der Waals surface area contributed by atoms with Gasteiger partial charge in [0.15, 0.2) is 4.80 Å². The monoisotopic (exact) mass is 551 g/mol. The Morgan fingerprint density at radius 1 is 1.18 bits per heavy atom. The van der Waals surface area contributed by atoms with Crippen LogP contribution in [0.3, 0.4) is 0 Å². The smallest absolute Gasteiger partial charge is 0.338 e. The zero-order valence-electron chi connectivity index (χ0n) is 21.9. The number of allylic oxidation sites excluding steroid dienone is 1. The zero-order chi connectivity index (χ0) is 27.0. The predicted molar refractivity (Wildman–Crippen MR) is 151 cm³/mol. The second kappa shape index (κ2) is 10.8. The third-order valence-corrected chi connectivity index (χ3v) is 8.23. The van der Waals surface area contributed by atoms with Gasteiger partial charge in [0.05, 0.1) is 29.5 Å². The number of hydrogen-bond acceptors (Lipinski definition) is 7. The predicted octanol–water partition coefficient (Wildman–Crippen LogP) is 4.37. The molecule has 3 aromatic rings.